The number of rotatable bonds is 5. The van der Waals surface area contributed by atoms with E-state index in [2.05, 4.69) is 22.2 Å². The Morgan fingerprint density at radius 3 is 2.79 bits per heavy atom. The number of aromatic nitrogens is 1. The number of nitrogens with one attached hydrogen (secondary N) is 1. The van der Waals surface area contributed by atoms with Crippen LogP contribution in [0.4, 0.5) is 0 Å². The first-order valence-electron chi connectivity index (χ1n) is 11.9. The molecule has 0 bridgehead atoms. The fourth-order valence-electron chi connectivity index (χ4n) is 5.53. The number of nitrogens with two attached hydrogens (primary N) is 1. The lowest BCUT2D eigenvalue weighted by Crippen LogP contribution is -2.52. The van der Waals surface area contributed by atoms with Crippen molar-refractivity contribution in [2.24, 2.45) is 28.5 Å². The quantitative estimate of drug-likeness (QED) is 0.711. The van der Waals surface area contributed by atoms with Crippen LogP contribution in [0, 0.1) is 17.8 Å². The average Bonchev–Trinajstić information content (AvgIpc) is 3.46. The van der Waals surface area contributed by atoms with Gasteiger partial charge in [-0.25, -0.2) is 4.99 Å². The number of pyridine rings is 1. The zero-order valence-corrected chi connectivity index (χ0v) is 19.8. The van der Waals surface area contributed by atoms with Crippen LogP contribution < -0.4 is 15.8 Å². The molecule has 3 aliphatic rings. The Kier molecular flexibility index (Phi) is 5.54. The minimum absolute atomic E-state index is 0.00612. The number of para-hydroxylation sites is 1. The Hall–Kier alpha value is -3.42. The van der Waals surface area contributed by atoms with Crippen molar-refractivity contribution in [2.45, 2.75) is 51.2 Å². The fraction of sp³-hybridized carbons (Fsp3) is 0.462. The molecule has 8 nitrogen and oxygen atoms in total. The molecule has 2 amide bonds. The standard InChI is InChI=1S/C26H31N5O3/c1-15-21(22(15)24(33)29-18-10-12-34-19-9-5-4-8-17(18)19)23(16-7-6-11-28-14-16)31-20(32)13-26(2,3)30-25(31)27/h4-9,11,14-15,18,21-23H,10,12-13H2,1-3H3,(H2,27,30)(H,29,33)/t15?,18-,21?,22?,23?/m0/s1. The van der Waals surface area contributed by atoms with E-state index < -0.39 is 11.6 Å². The van der Waals surface area contributed by atoms with Crippen molar-refractivity contribution >= 4 is 17.8 Å². The molecule has 1 aliphatic carbocycles. The van der Waals surface area contributed by atoms with Gasteiger partial charge in [-0.3, -0.25) is 19.5 Å². The van der Waals surface area contributed by atoms with Gasteiger partial charge in [-0.15, -0.1) is 0 Å². The third-order valence-corrected chi connectivity index (χ3v) is 7.21. The summed E-state index contributed by atoms with van der Waals surface area (Å²) in [5.41, 5.74) is 7.66. The van der Waals surface area contributed by atoms with Crippen LogP contribution in [0.2, 0.25) is 0 Å². The molecule has 34 heavy (non-hydrogen) atoms. The van der Waals surface area contributed by atoms with Gasteiger partial charge >= 0.3 is 0 Å². The number of carbonyl (C=O) groups is 2. The van der Waals surface area contributed by atoms with E-state index in [-0.39, 0.29) is 48.0 Å². The summed E-state index contributed by atoms with van der Waals surface area (Å²) in [5, 5.41) is 3.24. The van der Waals surface area contributed by atoms with Gasteiger partial charge in [-0.2, -0.15) is 0 Å². The largest absolute Gasteiger partial charge is 0.493 e. The number of benzene rings is 1. The van der Waals surface area contributed by atoms with Gasteiger partial charge in [0.2, 0.25) is 11.8 Å². The minimum Gasteiger partial charge on any atom is -0.493 e. The Morgan fingerprint density at radius 2 is 2.06 bits per heavy atom. The lowest BCUT2D eigenvalue weighted by atomic mass is 9.94. The number of carbonyl (C=O) groups excluding carboxylic acids is 2. The third kappa shape index (κ3) is 4.02. The van der Waals surface area contributed by atoms with Crippen LogP contribution >= 0.6 is 0 Å². The summed E-state index contributed by atoms with van der Waals surface area (Å²) >= 11 is 0. The van der Waals surface area contributed by atoms with Crippen molar-refractivity contribution in [3.63, 3.8) is 0 Å². The van der Waals surface area contributed by atoms with E-state index in [0.29, 0.717) is 6.61 Å². The van der Waals surface area contributed by atoms with Gasteiger partial charge in [0.05, 0.1) is 30.7 Å². The molecule has 3 heterocycles. The first-order chi connectivity index (χ1) is 16.3. The highest BCUT2D eigenvalue weighted by atomic mass is 16.5. The number of nitrogens with zero attached hydrogens (tertiary/aromatic N) is 3. The lowest BCUT2D eigenvalue weighted by molar-refractivity contribution is -0.132. The number of fused-ring (bicyclic) bond motifs is 1. The summed E-state index contributed by atoms with van der Waals surface area (Å²) in [6, 6.07) is 11.1. The summed E-state index contributed by atoms with van der Waals surface area (Å²) in [6.45, 7) is 6.42. The van der Waals surface area contributed by atoms with Crippen LogP contribution in [0.15, 0.2) is 53.8 Å². The first-order valence-corrected chi connectivity index (χ1v) is 11.9. The minimum atomic E-state index is -0.542. The number of guanidine groups is 1. The molecule has 1 saturated carbocycles. The topological polar surface area (TPSA) is 110 Å². The van der Waals surface area contributed by atoms with Crippen LogP contribution in [0.1, 0.15) is 56.8 Å². The molecule has 1 aromatic carbocycles. The molecular weight excluding hydrogens is 430 g/mol. The molecule has 3 N–H and O–H groups in total. The predicted octanol–water partition coefficient (Wildman–Crippen LogP) is 2.97. The molecule has 178 valence electrons. The first kappa shape index (κ1) is 22.4. The van der Waals surface area contributed by atoms with Crippen molar-refractivity contribution in [2.75, 3.05) is 6.61 Å². The number of hydrogen-bond acceptors (Lipinski definition) is 6. The zero-order valence-electron chi connectivity index (χ0n) is 19.8. The van der Waals surface area contributed by atoms with Crippen LogP contribution in [0.25, 0.3) is 0 Å². The van der Waals surface area contributed by atoms with E-state index >= 15 is 0 Å². The molecule has 4 unspecified atom stereocenters. The number of amides is 2. The molecule has 8 heteroatoms. The second kappa shape index (κ2) is 8.42. The molecule has 0 radical (unpaired) electrons. The summed E-state index contributed by atoms with van der Waals surface area (Å²) in [4.78, 5) is 37.1. The number of hydrogen-bond donors (Lipinski definition) is 2. The number of aliphatic imine (C=N–C) groups is 1. The van der Waals surface area contributed by atoms with Crippen LogP contribution in [0.5, 0.6) is 5.75 Å². The molecule has 0 saturated heterocycles. The van der Waals surface area contributed by atoms with E-state index in [0.717, 1.165) is 23.3 Å². The van der Waals surface area contributed by atoms with Gasteiger partial charge in [0.15, 0.2) is 5.96 Å². The Balaban J connectivity index is 1.42. The SMILES string of the molecule is CC1C(C(=O)N[C@H]2CCOc3ccccc32)C1C(c1cccnc1)N1C(=O)CC(C)(C)N=C1N. The van der Waals surface area contributed by atoms with E-state index in [1.165, 1.54) is 0 Å². The smallest absolute Gasteiger partial charge is 0.232 e. The van der Waals surface area contributed by atoms with Crippen molar-refractivity contribution in [1.29, 1.82) is 0 Å². The molecule has 2 aromatic rings. The van der Waals surface area contributed by atoms with Crippen molar-refractivity contribution in [3.05, 3.63) is 59.9 Å². The van der Waals surface area contributed by atoms with Crippen LogP contribution in [0.3, 0.4) is 0 Å². The van der Waals surface area contributed by atoms with Gasteiger partial charge < -0.3 is 15.8 Å². The van der Waals surface area contributed by atoms with Gasteiger partial charge in [-0.1, -0.05) is 31.2 Å². The highest BCUT2D eigenvalue weighted by Gasteiger charge is 2.59. The molecule has 5 atom stereocenters. The van der Waals surface area contributed by atoms with Crippen molar-refractivity contribution in [1.82, 2.24) is 15.2 Å². The number of ether oxygens (including phenoxy) is 1. The van der Waals surface area contributed by atoms with E-state index in [4.69, 9.17) is 10.5 Å². The van der Waals surface area contributed by atoms with Gasteiger partial charge in [0.25, 0.3) is 0 Å². The molecule has 2 aliphatic heterocycles. The van der Waals surface area contributed by atoms with Crippen molar-refractivity contribution in [3.8, 4) is 5.75 Å². The molecule has 5 rings (SSSR count). The van der Waals surface area contributed by atoms with Crippen LogP contribution in [-0.2, 0) is 9.59 Å². The zero-order chi connectivity index (χ0) is 24.0. The summed E-state index contributed by atoms with van der Waals surface area (Å²) < 4.78 is 5.74. The maximum absolute atomic E-state index is 13.5. The average molecular weight is 462 g/mol. The lowest BCUT2D eigenvalue weighted by Gasteiger charge is -2.38. The molecule has 1 fully saturated rings. The Morgan fingerprint density at radius 1 is 1.26 bits per heavy atom. The van der Waals surface area contributed by atoms with Gasteiger partial charge in [-0.05, 0) is 43.4 Å². The maximum Gasteiger partial charge on any atom is 0.232 e. The second-order valence-electron chi connectivity index (χ2n) is 10.2. The fourth-order valence-corrected chi connectivity index (χ4v) is 5.53. The molecule has 1 aromatic heterocycles. The monoisotopic (exact) mass is 461 g/mol. The van der Waals surface area contributed by atoms with Crippen LogP contribution in [-0.4, -0.2) is 39.8 Å². The Labute approximate surface area is 199 Å². The second-order valence-corrected chi connectivity index (χ2v) is 10.2. The van der Waals surface area contributed by atoms with E-state index in [1.807, 2.05) is 50.2 Å². The summed E-state index contributed by atoms with van der Waals surface area (Å²) in [6.07, 6.45) is 4.43. The molecule has 0 spiro atoms. The predicted molar refractivity (Wildman–Crippen MR) is 128 cm³/mol. The highest BCUT2D eigenvalue weighted by molar-refractivity contribution is 5.99. The van der Waals surface area contributed by atoms with Crippen molar-refractivity contribution < 1.29 is 14.3 Å². The highest BCUT2D eigenvalue weighted by Crippen LogP contribution is 2.56. The van der Waals surface area contributed by atoms with E-state index in [1.54, 1.807) is 17.3 Å². The normalized spacial score (nSPS) is 28.3. The summed E-state index contributed by atoms with van der Waals surface area (Å²) in [7, 11) is 0. The summed E-state index contributed by atoms with van der Waals surface area (Å²) in [5.74, 6) is 0.686. The maximum atomic E-state index is 13.5. The van der Waals surface area contributed by atoms with E-state index in [9.17, 15) is 9.59 Å². The Bertz CT molecular complexity index is 1130. The van der Waals surface area contributed by atoms with Gasteiger partial charge in [0.1, 0.15) is 5.75 Å². The third-order valence-electron chi connectivity index (χ3n) is 7.21. The van der Waals surface area contributed by atoms with Gasteiger partial charge in [0, 0.05) is 30.3 Å². The molecular formula is C26H31N5O3.